The van der Waals surface area contributed by atoms with E-state index in [9.17, 15) is 9.90 Å². The zero-order chi connectivity index (χ0) is 13.6. The van der Waals surface area contributed by atoms with E-state index in [2.05, 4.69) is 10.2 Å². The minimum absolute atomic E-state index is 0.199. The van der Waals surface area contributed by atoms with Gasteiger partial charge in [-0.1, -0.05) is 0 Å². The third-order valence-electron chi connectivity index (χ3n) is 3.68. The van der Waals surface area contributed by atoms with Crippen LogP contribution >= 0.6 is 0 Å². The predicted octanol–water partition coefficient (Wildman–Crippen LogP) is 2.09. The van der Waals surface area contributed by atoms with E-state index >= 15 is 0 Å². The van der Waals surface area contributed by atoms with Crippen molar-refractivity contribution in [1.29, 1.82) is 0 Å². The molecule has 1 atom stereocenters. The molecule has 0 bridgehead atoms. The summed E-state index contributed by atoms with van der Waals surface area (Å²) < 4.78 is 0. The van der Waals surface area contributed by atoms with Crippen LogP contribution in [0.4, 0.5) is 0 Å². The first-order valence-electron chi connectivity index (χ1n) is 7.17. The number of carboxylic acids is 1. The molecule has 0 aromatic carbocycles. The molecule has 1 heterocycles. The van der Waals surface area contributed by atoms with Gasteiger partial charge in [-0.05, 0) is 72.5 Å². The van der Waals surface area contributed by atoms with Crippen molar-refractivity contribution in [2.45, 2.75) is 64.5 Å². The average molecular weight is 256 g/mol. The number of aliphatic carboxylic acids is 1. The van der Waals surface area contributed by atoms with Gasteiger partial charge in [0.15, 0.2) is 0 Å². The van der Waals surface area contributed by atoms with Gasteiger partial charge in [0.05, 0.1) is 0 Å². The van der Waals surface area contributed by atoms with Gasteiger partial charge in [0.2, 0.25) is 0 Å². The number of hydrogen-bond acceptors (Lipinski definition) is 3. The molecule has 0 spiro atoms. The van der Waals surface area contributed by atoms with E-state index in [-0.39, 0.29) is 6.04 Å². The Bertz CT molecular complexity index is 263. The largest absolute Gasteiger partial charge is 0.480 e. The van der Waals surface area contributed by atoms with E-state index in [1.165, 1.54) is 25.9 Å². The van der Waals surface area contributed by atoms with Crippen LogP contribution in [-0.2, 0) is 4.79 Å². The molecule has 2 N–H and O–H groups in total. The molecule has 1 aliphatic heterocycles. The molecule has 0 amide bonds. The van der Waals surface area contributed by atoms with Crippen LogP contribution in [0.2, 0.25) is 0 Å². The van der Waals surface area contributed by atoms with Crippen molar-refractivity contribution in [3.05, 3.63) is 0 Å². The van der Waals surface area contributed by atoms with Gasteiger partial charge in [-0.25, -0.2) is 0 Å². The fourth-order valence-corrected chi connectivity index (χ4v) is 2.70. The Hall–Kier alpha value is -0.610. The lowest BCUT2D eigenvalue weighted by Crippen LogP contribution is -2.52. The van der Waals surface area contributed by atoms with Crippen molar-refractivity contribution in [2.24, 2.45) is 0 Å². The zero-order valence-corrected chi connectivity index (χ0v) is 12.0. The van der Waals surface area contributed by atoms with Crippen LogP contribution in [-0.4, -0.2) is 47.2 Å². The fraction of sp³-hybridized carbons (Fsp3) is 0.929. The summed E-state index contributed by atoms with van der Waals surface area (Å²) >= 11 is 0. The summed E-state index contributed by atoms with van der Waals surface area (Å²) in [5, 5.41) is 12.5. The molecule has 0 radical (unpaired) electrons. The van der Waals surface area contributed by atoms with Gasteiger partial charge >= 0.3 is 5.97 Å². The van der Waals surface area contributed by atoms with Crippen molar-refractivity contribution < 1.29 is 9.90 Å². The number of likely N-dealkylation sites (tertiary alicyclic amines) is 1. The lowest BCUT2D eigenvalue weighted by atomic mass is 9.94. The molecule has 106 valence electrons. The van der Waals surface area contributed by atoms with E-state index in [1.807, 2.05) is 13.8 Å². The van der Waals surface area contributed by atoms with E-state index in [0.717, 1.165) is 19.4 Å². The summed E-state index contributed by atoms with van der Waals surface area (Å²) in [6.07, 6.45) is 5.42. The number of carboxylic acid groups (broad SMARTS) is 1. The summed E-state index contributed by atoms with van der Waals surface area (Å²) in [4.78, 5) is 13.8. The molecule has 0 aromatic heterocycles. The minimum Gasteiger partial charge on any atom is -0.480 e. The van der Waals surface area contributed by atoms with Crippen LogP contribution in [0.3, 0.4) is 0 Å². The molecule has 1 saturated heterocycles. The summed E-state index contributed by atoms with van der Waals surface area (Å²) in [7, 11) is 0. The average Bonchev–Trinajstić information content (AvgIpc) is 2.76. The van der Waals surface area contributed by atoms with Gasteiger partial charge in [-0.3, -0.25) is 10.1 Å². The first kappa shape index (κ1) is 15.4. The lowest BCUT2D eigenvalue weighted by molar-refractivity contribution is -0.144. The molecule has 4 nitrogen and oxygen atoms in total. The molecule has 0 aliphatic carbocycles. The highest BCUT2D eigenvalue weighted by Gasteiger charge is 2.32. The molecular formula is C14H28N2O2. The highest BCUT2D eigenvalue weighted by molar-refractivity contribution is 5.78. The van der Waals surface area contributed by atoms with Crippen LogP contribution < -0.4 is 5.32 Å². The smallest absolute Gasteiger partial charge is 0.323 e. The summed E-state index contributed by atoms with van der Waals surface area (Å²) in [6, 6.07) is 0.199. The quantitative estimate of drug-likeness (QED) is 0.653. The highest BCUT2D eigenvalue weighted by Crippen LogP contribution is 2.16. The van der Waals surface area contributed by atoms with Crippen molar-refractivity contribution >= 4 is 5.97 Å². The Kier molecular flexibility index (Phi) is 6.09. The van der Waals surface area contributed by atoms with E-state index < -0.39 is 11.5 Å². The maximum absolute atomic E-state index is 11.3. The maximum atomic E-state index is 11.3. The van der Waals surface area contributed by atoms with Crippen LogP contribution in [0.1, 0.15) is 52.9 Å². The molecule has 1 rings (SSSR count). The Morgan fingerprint density at radius 1 is 1.33 bits per heavy atom. The third kappa shape index (κ3) is 4.94. The molecule has 4 heteroatoms. The van der Waals surface area contributed by atoms with Gasteiger partial charge < -0.3 is 10.0 Å². The summed E-state index contributed by atoms with van der Waals surface area (Å²) in [5.74, 6) is -0.739. The van der Waals surface area contributed by atoms with Crippen LogP contribution in [0, 0.1) is 0 Å². The van der Waals surface area contributed by atoms with Crippen molar-refractivity contribution in [3.63, 3.8) is 0 Å². The summed E-state index contributed by atoms with van der Waals surface area (Å²) in [5.41, 5.74) is -0.779. The molecule has 0 aromatic rings. The normalized spacial score (nSPS) is 20.2. The Balaban J connectivity index is 2.26. The third-order valence-corrected chi connectivity index (χ3v) is 3.68. The Morgan fingerprint density at radius 3 is 2.44 bits per heavy atom. The number of unbranched alkanes of at least 4 members (excludes halogenated alkanes) is 1. The minimum atomic E-state index is -0.779. The van der Waals surface area contributed by atoms with Gasteiger partial charge in [0, 0.05) is 6.04 Å². The molecule has 1 fully saturated rings. The highest BCUT2D eigenvalue weighted by atomic mass is 16.4. The van der Waals surface area contributed by atoms with Crippen LogP contribution in [0.15, 0.2) is 0 Å². The molecule has 1 unspecified atom stereocenters. The van der Waals surface area contributed by atoms with Crippen LogP contribution in [0.5, 0.6) is 0 Å². The van der Waals surface area contributed by atoms with Gasteiger partial charge in [0.1, 0.15) is 5.54 Å². The van der Waals surface area contributed by atoms with Gasteiger partial charge in [-0.2, -0.15) is 0 Å². The van der Waals surface area contributed by atoms with Crippen molar-refractivity contribution in [3.8, 4) is 0 Å². The second-order valence-electron chi connectivity index (χ2n) is 5.94. The number of rotatable bonds is 8. The first-order chi connectivity index (χ1) is 8.44. The van der Waals surface area contributed by atoms with Gasteiger partial charge in [-0.15, -0.1) is 0 Å². The topological polar surface area (TPSA) is 52.6 Å². The van der Waals surface area contributed by atoms with Crippen LogP contribution in [0.25, 0.3) is 0 Å². The zero-order valence-electron chi connectivity index (χ0n) is 12.0. The van der Waals surface area contributed by atoms with Gasteiger partial charge in [0.25, 0.3) is 0 Å². The first-order valence-corrected chi connectivity index (χ1v) is 7.17. The van der Waals surface area contributed by atoms with Crippen molar-refractivity contribution in [1.82, 2.24) is 10.2 Å². The summed E-state index contributed by atoms with van der Waals surface area (Å²) in [6.45, 7) is 9.35. The maximum Gasteiger partial charge on any atom is 0.323 e. The predicted molar refractivity (Wildman–Crippen MR) is 73.8 cm³/mol. The Labute approximate surface area is 111 Å². The fourth-order valence-electron chi connectivity index (χ4n) is 2.70. The second kappa shape index (κ2) is 7.10. The Morgan fingerprint density at radius 2 is 1.94 bits per heavy atom. The van der Waals surface area contributed by atoms with Crippen molar-refractivity contribution in [2.75, 3.05) is 19.6 Å². The number of nitrogens with one attached hydrogen (secondary N) is 1. The van der Waals surface area contributed by atoms with E-state index in [1.54, 1.807) is 6.92 Å². The molecule has 0 saturated carbocycles. The molecule has 1 aliphatic rings. The van der Waals surface area contributed by atoms with E-state index in [0.29, 0.717) is 6.42 Å². The number of carbonyl (C=O) groups is 1. The molecular weight excluding hydrogens is 228 g/mol. The SMILES string of the molecule is CC(C)NC(C)(CCCCN1CCCC1)C(=O)O. The number of hydrogen-bond donors (Lipinski definition) is 2. The number of nitrogens with zero attached hydrogens (tertiary/aromatic N) is 1. The lowest BCUT2D eigenvalue weighted by Gasteiger charge is -2.29. The van der Waals surface area contributed by atoms with E-state index in [4.69, 9.17) is 0 Å². The molecule has 18 heavy (non-hydrogen) atoms. The second-order valence-corrected chi connectivity index (χ2v) is 5.94. The monoisotopic (exact) mass is 256 g/mol. The standard InChI is InChI=1S/C14H28N2O2/c1-12(2)15-14(3,13(17)18)8-4-5-9-16-10-6-7-11-16/h12,15H,4-11H2,1-3H3,(H,17,18).